The lowest BCUT2D eigenvalue weighted by Crippen LogP contribution is -2.10. The van der Waals surface area contributed by atoms with E-state index in [2.05, 4.69) is 100 Å². The van der Waals surface area contributed by atoms with Crippen LogP contribution in [0.2, 0.25) is 0 Å². The van der Waals surface area contributed by atoms with Gasteiger partial charge in [-0.15, -0.1) is 5.11 Å². The molecule has 2 nitrogen and oxygen atoms in total. The lowest BCUT2D eigenvalue weighted by atomic mass is 9.79. The van der Waals surface area contributed by atoms with Crippen molar-refractivity contribution in [2.45, 2.75) is 38.5 Å². The van der Waals surface area contributed by atoms with Crippen LogP contribution in [0.25, 0.3) is 21.9 Å². The minimum absolute atomic E-state index is 0.736. The van der Waals surface area contributed by atoms with E-state index in [1.165, 1.54) is 51.3 Å². The minimum atomic E-state index is 0.736. The molecule has 4 aromatic rings. The van der Waals surface area contributed by atoms with Gasteiger partial charge >= 0.3 is 0 Å². The molecule has 1 aliphatic rings. The van der Waals surface area contributed by atoms with E-state index in [4.69, 9.17) is 0 Å². The maximum Gasteiger partial charge on any atom is 0.0936 e. The fourth-order valence-corrected chi connectivity index (χ4v) is 5.36. The molecule has 32 heavy (non-hydrogen) atoms. The van der Waals surface area contributed by atoms with Gasteiger partial charge in [0, 0.05) is 8.96 Å². The zero-order valence-electron chi connectivity index (χ0n) is 18.3. The Balaban J connectivity index is 1.31. The summed E-state index contributed by atoms with van der Waals surface area (Å²) in [5.74, 6) is 1.63. The number of nitrogens with zero attached hydrogens (tertiary/aromatic N) is 2. The lowest BCUT2D eigenvalue weighted by molar-refractivity contribution is 0.348. The van der Waals surface area contributed by atoms with Gasteiger partial charge in [-0.25, -0.2) is 0 Å². The highest BCUT2D eigenvalue weighted by atomic mass is 127. The van der Waals surface area contributed by atoms with Crippen LogP contribution in [0.3, 0.4) is 0 Å². The number of azo groups is 1. The fourth-order valence-electron chi connectivity index (χ4n) is 4.71. The van der Waals surface area contributed by atoms with Gasteiger partial charge in [-0.1, -0.05) is 80.4 Å². The summed E-state index contributed by atoms with van der Waals surface area (Å²) in [7, 11) is 0. The molecule has 3 heteroatoms. The highest BCUT2D eigenvalue weighted by molar-refractivity contribution is 14.1. The predicted octanol–water partition coefficient (Wildman–Crippen LogP) is 9.82. The van der Waals surface area contributed by atoms with Crippen LogP contribution >= 0.6 is 22.6 Å². The van der Waals surface area contributed by atoms with Gasteiger partial charge in [-0.3, -0.25) is 0 Å². The molecule has 0 bridgehead atoms. The molecule has 1 saturated carbocycles. The predicted molar refractivity (Wildman–Crippen MR) is 143 cm³/mol. The molecule has 0 spiro atoms. The van der Waals surface area contributed by atoms with E-state index < -0.39 is 0 Å². The van der Waals surface area contributed by atoms with Gasteiger partial charge in [0.05, 0.1) is 11.4 Å². The Morgan fingerprint density at radius 3 is 1.97 bits per heavy atom. The summed E-state index contributed by atoms with van der Waals surface area (Å²) in [4.78, 5) is 0. The molecule has 0 N–H and O–H groups in total. The zero-order valence-corrected chi connectivity index (χ0v) is 20.5. The first kappa shape index (κ1) is 21.3. The van der Waals surface area contributed by atoms with E-state index >= 15 is 0 Å². The lowest BCUT2D eigenvalue weighted by Gasteiger charge is -2.26. The number of halogens is 1. The van der Waals surface area contributed by atoms with Crippen molar-refractivity contribution in [1.29, 1.82) is 0 Å². The van der Waals surface area contributed by atoms with Crippen molar-refractivity contribution in [2.75, 3.05) is 0 Å². The van der Waals surface area contributed by atoms with Gasteiger partial charge < -0.3 is 0 Å². The summed E-state index contributed by atoms with van der Waals surface area (Å²) in [6, 6.07) is 30.0. The molecule has 4 aromatic carbocycles. The molecule has 5 rings (SSSR count). The molecule has 0 atom stereocenters. The Morgan fingerprint density at radius 1 is 0.656 bits per heavy atom. The van der Waals surface area contributed by atoms with Crippen molar-refractivity contribution in [3.63, 3.8) is 0 Å². The summed E-state index contributed by atoms with van der Waals surface area (Å²) < 4.78 is 1.23. The van der Waals surface area contributed by atoms with Crippen LogP contribution in [-0.4, -0.2) is 0 Å². The van der Waals surface area contributed by atoms with Gasteiger partial charge in [-0.05, 0) is 93.6 Å². The molecule has 0 amide bonds. The van der Waals surface area contributed by atoms with Crippen molar-refractivity contribution >= 4 is 44.7 Å². The molecule has 0 saturated heterocycles. The van der Waals surface area contributed by atoms with Crippen LogP contribution in [0.15, 0.2) is 95.2 Å². The second-order valence-electron chi connectivity index (χ2n) is 8.94. The Morgan fingerprint density at radius 2 is 1.28 bits per heavy atom. The van der Waals surface area contributed by atoms with Crippen LogP contribution in [-0.2, 0) is 0 Å². The van der Waals surface area contributed by atoms with Gasteiger partial charge in [0.1, 0.15) is 0 Å². The van der Waals surface area contributed by atoms with Crippen molar-refractivity contribution in [3.8, 4) is 11.1 Å². The number of benzene rings is 4. The van der Waals surface area contributed by atoms with Crippen molar-refractivity contribution in [1.82, 2.24) is 0 Å². The van der Waals surface area contributed by atoms with Gasteiger partial charge in [0.25, 0.3) is 0 Å². The highest BCUT2D eigenvalue weighted by Crippen LogP contribution is 2.36. The summed E-state index contributed by atoms with van der Waals surface area (Å²) in [5.41, 5.74) is 5.73. The molecule has 0 heterocycles. The first-order chi connectivity index (χ1) is 15.7. The van der Waals surface area contributed by atoms with E-state index in [9.17, 15) is 0 Å². The largest absolute Gasteiger partial charge is 0.151 e. The van der Waals surface area contributed by atoms with Crippen LogP contribution < -0.4 is 0 Å². The van der Waals surface area contributed by atoms with Crippen molar-refractivity contribution in [2.24, 2.45) is 16.1 Å². The fraction of sp³-hybridized carbons (Fsp3) is 0.241. The first-order valence-corrected chi connectivity index (χ1v) is 12.5. The minimum Gasteiger partial charge on any atom is -0.151 e. The molecule has 1 fully saturated rings. The maximum atomic E-state index is 4.54. The maximum absolute atomic E-state index is 4.54. The van der Waals surface area contributed by atoms with E-state index in [0.29, 0.717) is 0 Å². The third-order valence-corrected chi connectivity index (χ3v) is 7.66. The Labute approximate surface area is 203 Å². The standard InChI is InChI=1S/C29H27IN2/c1-20-6-8-21(9-7-20)22-10-12-23(13-11-22)24-14-16-25(17-15-24)31-32-29-19-18-28(30)26-4-2-3-5-27(26)29/h2-5,10-21H,6-9H2,1H3. The van der Waals surface area contributed by atoms with E-state index in [0.717, 1.165) is 28.6 Å². The Hall–Kier alpha value is -2.53. The van der Waals surface area contributed by atoms with Crippen molar-refractivity contribution < 1.29 is 0 Å². The van der Waals surface area contributed by atoms with E-state index in [1.807, 2.05) is 24.3 Å². The van der Waals surface area contributed by atoms with Crippen LogP contribution in [0, 0.1) is 9.49 Å². The summed E-state index contributed by atoms with van der Waals surface area (Å²) in [6.45, 7) is 2.38. The number of hydrogen-bond acceptors (Lipinski definition) is 2. The first-order valence-electron chi connectivity index (χ1n) is 11.5. The highest BCUT2D eigenvalue weighted by Gasteiger charge is 2.19. The van der Waals surface area contributed by atoms with Gasteiger partial charge in [0.2, 0.25) is 0 Å². The average Bonchev–Trinajstić information content (AvgIpc) is 2.85. The normalized spacial score (nSPS) is 18.9. The summed E-state index contributed by atoms with van der Waals surface area (Å²) >= 11 is 2.37. The molecular weight excluding hydrogens is 503 g/mol. The van der Waals surface area contributed by atoms with E-state index in [1.54, 1.807) is 0 Å². The summed E-state index contributed by atoms with van der Waals surface area (Å²) in [6.07, 6.45) is 5.38. The number of hydrogen-bond donors (Lipinski definition) is 0. The molecule has 0 aromatic heterocycles. The molecule has 0 radical (unpaired) electrons. The second kappa shape index (κ2) is 9.53. The second-order valence-corrected chi connectivity index (χ2v) is 10.1. The van der Waals surface area contributed by atoms with Gasteiger partial charge in [-0.2, -0.15) is 5.11 Å². The van der Waals surface area contributed by atoms with Crippen molar-refractivity contribution in [3.05, 3.63) is 94.1 Å². The SMILES string of the molecule is CC1CCC(c2ccc(-c3ccc(N=Nc4ccc(I)c5ccccc45)cc3)cc2)CC1. The topological polar surface area (TPSA) is 24.7 Å². The van der Waals surface area contributed by atoms with E-state index in [-0.39, 0.29) is 0 Å². The molecular formula is C29H27IN2. The molecule has 0 unspecified atom stereocenters. The van der Waals surface area contributed by atoms with Crippen LogP contribution in [0.1, 0.15) is 44.1 Å². The molecule has 0 aliphatic heterocycles. The Kier molecular flexibility index (Phi) is 6.35. The smallest absolute Gasteiger partial charge is 0.0936 e. The number of rotatable bonds is 4. The quantitative estimate of drug-likeness (QED) is 0.185. The monoisotopic (exact) mass is 530 g/mol. The van der Waals surface area contributed by atoms with Crippen LogP contribution in [0.5, 0.6) is 0 Å². The Bertz CT molecular complexity index is 1230. The summed E-state index contributed by atoms with van der Waals surface area (Å²) in [5, 5.41) is 11.4. The number of fused-ring (bicyclic) bond motifs is 1. The molecule has 160 valence electrons. The average molecular weight is 530 g/mol. The third-order valence-electron chi connectivity index (χ3n) is 6.72. The van der Waals surface area contributed by atoms with Gasteiger partial charge in [0.15, 0.2) is 0 Å². The molecule has 1 aliphatic carbocycles. The zero-order chi connectivity index (χ0) is 21.9. The third kappa shape index (κ3) is 4.63. The van der Waals surface area contributed by atoms with Crippen LogP contribution in [0.4, 0.5) is 11.4 Å².